The molecule has 1 aromatic carbocycles. The lowest BCUT2D eigenvalue weighted by Gasteiger charge is -2.24. The normalized spacial score (nSPS) is 19.0. The zero-order chi connectivity index (χ0) is 19.7. The van der Waals surface area contributed by atoms with Crippen LogP contribution in [0.15, 0.2) is 35.2 Å². The van der Waals surface area contributed by atoms with Gasteiger partial charge in [-0.3, -0.25) is 9.59 Å². The van der Waals surface area contributed by atoms with E-state index in [9.17, 15) is 14.7 Å². The molecule has 0 bridgehead atoms. The summed E-state index contributed by atoms with van der Waals surface area (Å²) in [4.78, 5) is 27.8. The molecule has 1 aliphatic rings. The number of thiophene rings is 1. The van der Waals surface area contributed by atoms with Crippen LogP contribution in [-0.4, -0.2) is 35.4 Å². The van der Waals surface area contributed by atoms with E-state index < -0.39 is 17.7 Å². The summed E-state index contributed by atoms with van der Waals surface area (Å²) in [5.41, 5.74) is 1.30. The quantitative estimate of drug-likeness (QED) is 0.450. The number of ether oxygens (including phenoxy) is 1. The number of Topliss-reactive ketones (excluding diaryl/α,β-unsaturated/α-hetero) is 1. The topological polar surface area (TPSA) is 66.8 Å². The molecule has 5 nitrogen and oxygen atoms in total. The average Bonchev–Trinajstić information content (AvgIpc) is 3.18. The third kappa shape index (κ3) is 3.35. The van der Waals surface area contributed by atoms with Gasteiger partial charge in [-0.25, -0.2) is 0 Å². The minimum atomic E-state index is -0.697. The number of rotatable bonds is 5. The van der Waals surface area contributed by atoms with Gasteiger partial charge in [-0.15, -0.1) is 11.3 Å². The van der Waals surface area contributed by atoms with E-state index in [1.54, 1.807) is 18.2 Å². The zero-order valence-electron chi connectivity index (χ0n) is 15.3. The van der Waals surface area contributed by atoms with Crippen molar-refractivity contribution in [3.05, 3.63) is 56.2 Å². The number of likely N-dealkylation sites (tertiary alicyclic amines) is 1. The molecule has 2 heterocycles. The molecular weight excluding hydrogens is 386 g/mol. The number of hydrogen-bond acceptors (Lipinski definition) is 5. The van der Waals surface area contributed by atoms with Gasteiger partial charge in [-0.1, -0.05) is 18.5 Å². The van der Waals surface area contributed by atoms with E-state index >= 15 is 0 Å². The van der Waals surface area contributed by atoms with E-state index in [1.807, 2.05) is 25.3 Å². The average molecular weight is 406 g/mol. The van der Waals surface area contributed by atoms with Crippen molar-refractivity contribution < 1.29 is 19.4 Å². The van der Waals surface area contributed by atoms with Crippen molar-refractivity contribution in [2.75, 3.05) is 13.7 Å². The van der Waals surface area contributed by atoms with E-state index in [2.05, 4.69) is 0 Å². The molecular formula is C20H20ClNO4S. The molecule has 2 aromatic rings. The Morgan fingerprint density at radius 1 is 1.33 bits per heavy atom. The van der Waals surface area contributed by atoms with Crippen LogP contribution in [0, 0.1) is 6.92 Å². The minimum absolute atomic E-state index is 0.0640. The summed E-state index contributed by atoms with van der Waals surface area (Å²) in [6.45, 7) is 4.29. The Balaban J connectivity index is 2.24. The Labute approximate surface area is 166 Å². The number of halogens is 1. The fraction of sp³-hybridized carbons (Fsp3) is 0.300. The molecule has 0 radical (unpaired) electrons. The highest BCUT2D eigenvalue weighted by molar-refractivity contribution is 7.10. The van der Waals surface area contributed by atoms with E-state index in [1.165, 1.54) is 23.3 Å². The Kier molecular flexibility index (Phi) is 5.58. The number of amides is 1. The second-order valence-corrected chi connectivity index (χ2v) is 7.66. The molecule has 1 unspecified atom stereocenters. The molecule has 1 N–H and O–H groups in total. The van der Waals surface area contributed by atoms with Gasteiger partial charge in [0, 0.05) is 17.0 Å². The number of methoxy groups -OCH3 is 1. The first-order valence-electron chi connectivity index (χ1n) is 8.57. The first kappa shape index (κ1) is 19.5. The summed E-state index contributed by atoms with van der Waals surface area (Å²) in [5.74, 6) is -1.09. The Bertz CT molecular complexity index is 934. The van der Waals surface area contributed by atoms with Gasteiger partial charge in [0.2, 0.25) is 0 Å². The number of aliphatic hydroxyl groups excluding tert-OH is 1. The summed E-state index contributed by atoms with van der Waals surface area (Å²) in [6, 6.07) is 6.12. The molecule has 1 atom stereocenters. The van der Waals surface area contributed by atoms with Crippen molar-refractivity contribution in [2.24, 2.45) is 0 Å². The molecule has 1 saturated heterocycles. The number of hydrogen-bond donors (Lipinski definition) is 1. The Morgan fingerprint density at radius 3 is 2.67 bits per heavy atom. The third-order valence-electron chi connectivity index (χ3n) is 4.58. The van der Waals surface area contributed by atoms with Crippen molar-refractivity contribution in [1.82, 2.24) is 4.90 Å². The smallest absolute Gasteiger partial charge is 0.295 e. The molecule has 0 aliphatic carbocycles. The monoisotopic (exact) mass is 405 g/mol. The van der Waals surface area contributed by atoms with Crippen LogP contribution in [0.5, 0.6) is 5.75 Å². The molecule has 0 spiro atoms. The largest absolute Gasteiger partial charge is 0.507 e. The molecule has 1 aromatic heterocycles. The lowest BCUT2D eigenvalue weighted by atomic mass is 9.98. The SMILES string of the molecule is CCCN1C(=O)C(=O)/C(=C(/O)c2cc(OC)ccc2Cl)C1c1sccc1C. The van der Waals surface area contributed by atoms with Gasteiger partial charge < -0.3 is 14.7 Å². The van der Waals surface area contributed by atoms with Crippen molar-refractivity contribution in [1.29, 1.82) is 0 Å². The molecule has 1 aliphatic heterocycles. The number of ketones is 1. The fourth-order valence-electron chi connectivity index (χ4n) is 3.25. The summed E-state index contributed by atoms with van der Waals surface area (Å²) in [7, 11) is 1.50. The maximum Gasteiger partial charge on any atom is 0.295 e. The summed E-state index contributed by atoms with van der Waals surface area (Å²) >= 11 is 7.71. The predicted molar refractivity (Wildman–Crippen MR) is 106 cm³/mol. The number of aryl methyl sites for hydroxylation is 1. The van der Waals surface area contributed by atoms with Gasteiger partial charge in [0.25, 0.3) is 11.7 Å². The first-order chi connectivity index (χ1) is 12.9. The van der Waals surface area contributed by atoms with Gasteiger partial charge in [0.1, 0.15) is 11.5 Å². The number of carbonyl (C=O) groups excluding carboxylic acids is 2. The van der Waals surface area contributed by atoms with Gasteiger partial charge in [0.15, 0.2) is 0 Å². The molecule has 0 saturated carbocycles. The molecule has 7 heteroatoms. The van der Waals surface area contributed by atoms with Gasteiger partial charge in [-0.05, 0) is 48.6 Å². The molecule has 1 fully saturated rings. The second-order valence-electron chi connectivity index (χ2n) is 6.31. The van der Waals surface area contributed by atoms with Gasteiger partial charge in [0.05, 0.1) is 23.7 Å². The number of nitrogens with zero attached hydrogens (tertiary/aromatic N) is 1. The second kappa shape index (κ2) is 7.74. The van der Waals surface area contributed by atoms with Gasteiger partial charge >= 0.3 is 0 Å². The highest BCUT2D eigenvalue weighted by Crippen LogP contribution is 2.43. The maximum atomic E-state index is 12.8. The summed E-state index contributed by atoms with van der Waals surface area (Å²) < 4.78 is 5.20. The lowest BCUT2D eigenvalue weighted by Crippen LogP contribution is -2.30. The Hall–Kier alpha value is -2.31. The van der Waals surface area contributed by atoms with Crippen LogP contribution in [0.2, 0.25) is 5.02 Å². The molecule has 142 valence electrons. The van der Waals surface area contributed by atoms with Crippen molar-refractivity contribution >= 4 is 40.4 Å². The van der Waals surface area contributed by atoms with Crippen molar-refractivity contribution in [3.8, 4) is 5.75 Å². The van der Waals surface area contributed by atoms with Crippen LogP contribution in [0.1, 0.15) is 35.4 Å². The third-order valence-corrected chi connectivity index (χ3v) is 5.98. The van der Waals surface area contributed by atoms with Crippen LogP contribution in [0.4, 0.5) is 0 Å². The lowest BCUT2D eigenvalue weighted by molar-refractivity contribution is -0.139. The van der Waals surface area contributed by atoms with E-state index in [0.717, 1.165) is 10.4 Å². The number of benzene rings is 1. The highest BCUT2D eigenvalue weighted by Gasteiger charge is 2.46. The van der Waals surface area contributed by atoms with Crippen LogP contribution in [-0.2, 0) is 9.59 Å². The maximum absolute atomic E-state index is 12.8. The summed E-state index contributed by atoms with van der Waals surface area (Å²) in [6.07, 6.45) is 0.702. The van der Waals surface area contributed by atoms with E-state index in [-0.39, 0.29) is 21.9 Å². The van der Waals surface area contributed by atoms with Gasteiger partial charge in [-0.2, -0.15) is 0 Å². The standard InChI is InChI=1S/C20H20ClNO4S/c1-4-8-22-16(19-11(2)7-9-27-19)15(18(24)20(22)25)17(23)13-10-12(26-3)5-6-14(13)21/h5-7,9-10,16,23H,4,8H2,1-3H3/b17-15+. The number of aliphatic hydroxyl groups is 1. The van der Waals surface area contributed by atoms with Crippen LogP contribution in [0.25, 0.3) is 5.76 Å². The first-order valence-corrected chi connectivity index (χ1v) is 9.82. The zero-order valence-corrected chi connectivity index (χ0v) is 16.9. The number of carbonyl (C=O) groups is 2. The van der Waals surface area contributed by atoms with E-state index in [4.69, 9.17) is 16.3 Å². The van der Waals surface area contributed by atoms with Crippen LogP contribution in [0.3, 0.4) is 0 Å². The Morgan fingerprint density at radius 2 is 2.07 bits per heavy atom. The minimum Gasteiger partial charge on any atom is -0.507 e. The highest BCUT2D eigenvalue weighted by atomic mass is 35.5. The predicted octanol–water partition coefficient (Wildman–Crippen LogP) is 4.55. The molecule has 27 heavy (non-hydrogen) atoms. The molecule has 3 rings (SSSR count). The van der Waals surface area contributed by atoms with E-state index in [0.29, 0.717) is 18.7 Å². The summed E-state index contributed by atoms with van der Waals surface area (Å²) in [5, 5.41) is 13.2. The van der Waals surface area contributed by atoms with Crippen LogP contribution < -0.4 is 4.74 Å². The molecule has 1 amide bonds. The van der Waals surface area contributed by atoms with Crippen LogP contribution >= 0.6 is 22.9 Å². The van der Waals surface area contributed by atoms with Crippen molar-refractivity contribution in [3.63, 3.8) is 0 Å². The fourth-order valence-corrected chi connectivity index (χ4v) is 4.50. The van der Waals surface area contributed by atoms with Crippen molar-refractivity contribution in [2.45, 2.75) is 26.3 Å².